The number of rotatable bonds is 5. The fourth-order valence-electron chi connectivity index (χ4n) is 3.49. The van der Waals surface area contributed by atoms with Gasteiger partial charge in [0.2, 0.25) is 5.95 Å². The number of aliphatic hydroxyl groups is 1. The number of aromatic nitrogens is 2. The summed E-state index contributed by atoms with van der Waals surface area (Å²) >= 11 is 0. The number of fused-ring (bicyclic) bond motifs is 1. The van der Waals surface area contributed by atoms with E-state index in [-0.39, 0.29) is 24.7 Å². The minimum Gasteiger partial charge on any atom is -0.394 e. The Hall–Kier alpha value is -2.67. The lowest BCUT2D eigenvalue weighted by Crippen LogP contribution is -2.44. The standard InChI is InChI=1S/C20H25N5O2/c1-13(12-26)22-19-21-10-15-7-8-25(11-18(15)23-19)20(27)24-17-9-16(17)14-5-3-2-4-6-14/h2-6,10,13,16-17,26H,7-9,11-12H2,1H3,(H,24,27)(H,21,22,23)/t13-,16-,17+/m0/s1. The molecule has 1 aliphatic carbocycles. The second-order valence-electron chi connectivity index (χ2n) is 7.37. The Bertz CT molecular complexity index is 813. The van der Waals surface area contributed by atoms with E-state index >= 15 is 0 Å². The number of benzene rings is 1. The van der Waals surface area contributed by atoms with Crippen LogP contribution in [0.15, 0.2) is 36.5 Å². The third-order valence-electron chi connectivity index (χ3n) is 5.21. The molecule has 1 fully saturated rings. The van der Waals surface area contributed by atoms with E-state index in [0.717, 1.165) is 24.1 Å². The summed E-state index contributed by atoms with van der Waals surface area (Å²) in [7, 11) is 0. The van der Waals surface area contributed by atoms with Crippen LogP contribution in [0.2, 0.25) is 0 Å². The molecule has 1 aliphatic heterocycles. The van der Waals surface area contributed by atoms with Gasteiger partial charge in [-0.25, -0.2) is 14.8 Å². The first-order valence-electron chi connectivity index (χ1n) is 9.46. The topological polar surface area (TPSA) is 90.4 Å². The third-order valence-corrected chi connectivity index (χ3v) is 5.21. The lowest BCUT2D eigenvalue weighted by atomic mass is 10.1. The highest BCUT2D eigenvalue weighted by molar-refractivity contribution is 5.75. The molecule has 7 heteroatoms. The number of aliphatic hydroxyl groups excluding tert-OH is 1. The zero-order valence-electron chi connectivity index (χ0n) is 15.4. The maximum atomic E-state index is 12.7. The van der Waals surface area contributed by atoms with Gasteiger partial charge in [0.25, 0.3) is 0 Å². The molecule has 3 N–H and O–H groups in total. The summed E-state index contributed by atoms with van der Waals surface area (Å²) in [6.45, 7) is 3.03. The highest BCUT2D eigenvalue weighted by Gasteiger charge is 2.40. The lowest BCUT2D eigenvalue weighted by Gasteiger charge is -2.28. The molecule has 0 spiro atoms. The van der Waals surface area contributed by atoms with Crippen molar-refractivity contribution in [2.45, 2.75) is 44.3 Å². The molecule has 2 aliphatic rings. The third kappa shape index (κ3) is 4.03. The van der Waals surface area contributed by atoms with E-state index in [1.54, 1.807) is 0 Å². The van der Waals surface area contributed by atoms with Crippen LogP contribution in [0, 0.1) is 0 Å². The summed E-state index contributed by atoms with van der Waals surface area (Å²) in [5, 5.41) is 15.4. The van der Waals surface area contributed by atoms with Crippen LogP contribution in [0.25, 0.3) is 0 Å². The van der Waals surface area contributed by atoms with Gasteiger partial charge < -0.3 is 20.6 Å². The van der Waals surface area contributed by atoms with E-state index in [2.05, 4.69) is 32.7 Å². The summed E-state index contributed by atoms with van der Waals surface area (Å²) in [6.07, 6.45) is 3.57. The van der Waals surface area contributed by atoms with Gasteiger partial charge in [-0.05, 0) is 30.9 Å². The first-order valence-corrected chi connectivity index (χ1v) is 9.46. The van der Waals surface area contributed by atoms with Crippen molar-refractivity contribution >= 4 is 12.0 Å². The zero-order valence-corrected chi connectivity index (χ0v) is 15.4. The van der Waals surface area contributed by atoms with Crippen molar-refractivity contribution in [2.24, 2.45) is 0 Å². The van der Waals surface area contributed by atoms with E-state index in [1.165, 1.54) is 5.56 Å². The summed E-state index contributed by atoms with van der Waals surface area (Å²) < 4.78 is 0. The fourth-order valence-corrected chi connectivity index (χ4v) is 3.49. The number of carbonyl (C=O) groups excluding carboxylic acids is 1. The maximum absolute atomic E-state index is 12.7. The minimum absolute atomic E-state index is 0.0128. The van der Waals surface area contributed by atoms with Crippen molar-refractivity contribution in [2.75, 3.05) is 18.5 Å². The zero-order chi connectivity index (χ0) is 18.8. The molecule has 0 radical (unpaired) electrons. The van der Waals surface area contributed by atoms with Crippen LogP contribution in [-0.4, -0.2) is 51.2 Å². The second kappa shape index (κ2) is 7.52. The average Bonchev–Trinajstić information content (AvgIpc) is 3.47. The summed E-state index contributed by atoms with van der Waals surface area (Å²) in [6, 6.07) is 10.4. The SMILES string of the molecule is C[C@@H](CO)Nc1ncc2c(n1)CN(C(=O)N[C@@H]1C[C@H]1c1ccccc1)CC2. The summed E-state index contributed by atoms with van der Waals surface area (Å²) in [5.41, 5.74) is 3.23. The van der Waals surface area contributed by atoms with E-state index in [1.807, 2.05) is 36.2 Å². The van der Waals surface area contributed by atoms with Crippen LogP contribution in [0.3, 0.4) is 0 Å². The average molecular weight is 367 g/mol. The van der Waals surface area contributed by atoms with Crippen molar-refractivity contribution < 1.29 is 9.90 Å². The number of amides is 2. The van der Waals surface area contributed by atoms with Crippen LogP contribution >= 0.6 is 0 Å². The van der Waals surface area contributed by atoms with Crippen LogP contribution in [-0.2, 0) is 13.0 Å². The summed E-state index contributed by atoms with van der Waals surface area (Å²) in [4.78, 5) is 23.3. The molecule has 4 rings (SSSR count). The van der Waals surface area contributed by atoms with Crippen molar-refractivity contribution in [3.05, 3.63) is 53.3 Å². The molecular formula is C20H25N5O2. The number of hydrogen-bond donors (Lipinski definition) is 3. The number of nitrogens with zero attached hydrogens (tertiary/aromatic N) is 3. The molecule has 3 atom stereocenters. The Morgan fingerprint density at radius 3 is 2.96 bits per heavy atom. The number of anilines is 1. The van der Waals surface area contributed by atoms with Crippen molar-refractivity contribution in [3.63, 3.8) is 0 Å². The Morgan fingerprint density at radius 2 is 2.19 bits per heavy atom. The van der Waals surface area contributed by atoms with E-state index in [0.29, 0.717) is 25.0 Å². The number of carbonyl (C=O) groups is 1. The first-order chi connectivity index (χ1) is 13.1. The summed E-state index contributed by atoms with van der Waals surface area (Å²) in [5.74, 6) is 0.911. The van der Waals surface area contributed by atoms with E-state index in [4.69, 9.17) is 5.11 Å². The fraction of sp³-hybridized carbons (Fsp3) is 0.450. The predicted molar refractivity (Wildman–Crippen MR) is 102 cm³/mol. The highest BCUT2D eigenvalue weighted by Crippen LogP contribution is 2.40. The van der Waals surface area contributed by atoms with Crippen LogP contribution in [0.5, 0.6) is 0 Å². The molecular weight excluding hydrogens is 342 g/mol. The second-order valence-corrected chi connectivity index (χ2v) is 7.37. The number of hydrogen-bond acceptors (Lipinski definition) is 5. The normalized spacial score (nSPS) is 21.9. The Kier molecular flexibility index (Phi) is 4.94. The molecule has 7 nitrogen and oxygen atoms in total. The molecule has 0 unspecified atom stereocenters. The van der Waals surface area contributed by atoms with E-state index in [9.17, 15) is 4.79 Å². The van der Waals surface area contributed by atoms with Gasteiger partial charge in [0.15, 0.2) is 0 Å². The number of nitrogens with one attached hydrogen (secondary N) is 2. The van der Waals surface area contributed by atoms with E-state index < -0.39 is 0 Å². The minimum atomic E-state index is -0.115. The maximum Gasteiger partial charge on any atom is 0.317 e. The van der Waals surface area contributed by atoms with Gasteiger partial charge >= 0.3 is 6.03 Å². The van der Waals surface area contributed by atoms with Crippen LogP contribution in [0.4, 0.5) is 10.7 Å². The molecule has 2 heterocycles. The van der Waals surface area contributed by atoms with Gasteiger partial charge in [-0.1, -0.05) is 30.3 Å². The van der Waals surface area contributed by atoms with Gasteiger partial charge in [0.05, 0.1) is 18.8 Å². The Labute approximate surface area is 158 Å². The van der Waals surface area contributed by atoms with Crippen LogP contribution in [0.1, 0.15) is 36.1 Å². The molecule has 142 valence electrons. The smallest absolute Gasteiger partial charge is 0.317 e. The van der Waals surface area contributed by atoms with Gasteiger partial charge in [-0.2, -0.15) is 0 Å². The largest absolute Gasteiger partial charge is 0.394 e. The first kappa shape index (κ1) is 17.7. The predicted octanol–water partition coefficient (Wildman–Crippen LogP) is 1.89. The van der Waals surface area contributed by atoms with Gasteiger partial charge in [0, 0.05) is 30.7 Å². The molecule has 0 bridgehead atoms. The highest BCUT2D eigenvalue weighted by atomic mass is 16.3. The molecule has 2 amide bonds. The Balaban J connectivity index is 1.36. The number of urea groups is 1. The van der Waals surface area contributed by atoms with Crippen molar-refractivity contribution in [3.8, 4) is 0 Å². The monoisotopic (exact) mass is 367 g/mol. The molecule has 1 aromatic heterocycles. The van der Waals surface area contributed by atoms with Crippen LogP contribution < -0.4 is 10.6 Å². The van der Waals surface area contributed by atoms with Gasteiger partial charge in [-0.3, -0.25) is 0 Å². The Morgan fingerprint density at radius 1 is 1.37 bits per heavy atom. The molecule has 2 aromatic rings. The molecule has 1 aromatic carbocycles. The molecule has 0 saturated heterocycles. The van der Waals surface area contributed by atoms with Gasteiger partial charge in [-0.15, -0.1) is 0 Å². The van der Waals surface area contributed by atoms with Crippen molar-refractivity contribution in [1.29, 1.82) is 0 Å². The lowest BCUT2D eigenvalue weighted by molar-refractivity contribution is 0.190. The van der Waals surface area contributed by atoms with Crippen molar-refractivity contribution in [1.82, 2.24) is 20.2 Å². The van der Waals surface area contributed by atoms with Gasteiger partial charge in [0.1, 0.15) is 0 Å². The quantitative estimate of drug-likeness (QED) is 0.751. The molecule has 27 heavy (non-hydrogen) atoms. The molecule has 1 saturated carbocycles.